The quantitative estimate of drug-likeness (QED) is 0.861. The van der Waals surface area contributed by atoms with Crippen LogP contribution >= 0.6 is 0 Å². The number of benzene rings is 2. The first-order valence-corrected chi connectivity index (χ1v) is 7.26. The van der Waals surface area contributed by atoms with Crippen molar-refractivity contribution >= 4 is 17.1 Å². The number of piperazine rings is 1. The zero-order valence-electron chi connectivity index (χ0n) is 12.2. The summed E-state index contributed by atoms with van der Waals surface area (Å²) in [5, 5.41) is 0. The zero-order chi connectivity index (χ0) is 14.8. The summed E-state index contributed by atoms with van der Waals surface area (Å²) < 4.78 is 13.6. The molecule has 0 atom stereocenters. The van der Waals surface area contributed by atoms with Crippen LogP contribution in [0.3, 0.4) is 0 Å². The number of aryl methyl sites for hydroxylation is 1. The fourth-order valence-corrected chi connectivity index (χ4v) is 2.83. The van der Waals surface area contributed by atoms with Crippen LogP contribution in [0.1, 0.15) is 5.56 Å². The highest BCUT2D eigenvalue weighted by molar-refractivity contribution is 5.68. The lowest BCUT2D eigenvalue weighted by Gasteiger charge is -2.38. The molecule has 2 aromatic carbocycles. The fourth-order valence-electron chi connectivity index (χ4n) is 2.83. The van der Waals surface area contributed by atoms with Crippen molar-refractivity contribution in [2.75, 3.05) is 41.7 Å². The van der Waals surface area contributed by atoms with E-state index in [-0.39, 0.29) is 11.5 Å². The van der Waals surface area contributed by atoms with Crippen LogP contribution in [-0.4, -0.2) is 26.2 Å². The largest absolute Gasteiger partial charge is 0.395 e. The predicted octanol–water partition coefficient (Wildman–Crippen LogP) is 3.04. The van der Waals surface area contributed by atoms with Crippen molar-refractivity contribution in [2.24, 2.45) is 0 Å². The maximum Gasteiger partial charge on any atom is 0.148 e. The van der Waals surface area contributed by atoms with Gasteiger partial charge in [0.05, 0.1) is 11.4 Å². The number of anilines is 3. The molecule has 3 rings (SSSR count). The van der Waals surface area contributed by atoms with Crippen molar-refractivity contribution < 1.29 is 4.39 Å². The summed E-state index contributed by atoms with van der Waals surface area (Å²) in [7, 11) is 0. The first kappa shape index (κ1) is 13.7. The van der Waals surface area contributed by atoms with E-state index in [1.54, 1.807) is 6.07 Å². The lowest BCUT2D eigenvalue weighted by molar-refractivity contribution is 0.625. The molecule has 21 heavy (non-hydrogen) atoms. The van der Waals surface area contributed by atoms with Gasteiger partial charge < -0.3 is 15.5 Å². The number of para-hydroxylation sites is 1. The molecular formula is C17H20FN3. The summed E-state index contributed by atoms with van der Waals surface area (Å²) >= 11 is 0. The topological polar surface area (TPSA) is 32.5 Å². The number of hydrogen-bond acceptors (Lipinski definition) is 3. The molecule has 1 saturated heterocycles. The van der Waals surface area contributed by atoms with E-state index in [4.69, 9.17) is 5.73 Å². The SMILES string of the molecule is Cc1cccc(N2CCN(c3cccc(F)c3N)CC2)c1. The third-order valence-corrected chi connectivity index (χ3v) is 4.02. The van der Waals surface area contributed by atoms with E-state index in [2.05, 4.69) is 41.0 Å². The van der Waals surface area contributed by atoms with Crippen molar-refractivity contribution in [3.8, 4) is 0 Å². The van der Waals surface area contributed by atoms with Gasteiger partial charge in [0.15, 0.2) is 0 Å². The lowest BCUT2D eigenvalue weighted by Crippen LogP contribution is -2.46. The Morgan fingerprint density at radius 2 is 1.62 bits per heavy atom. The monoisotopic (exact) mass is 285 g/mol. The summed E-state index contributed by atoms with van der Waals surface area (Å²) in [5.74, 6) is -0.339. The van der Waals surface area contributed by atoms with Gasteiger partial charge in [-0.3, -0.25) is 0 Å². The molecule has 4 heteroatoms. The van der Waals surface area contributed by atoms with Gasteiger partial charge in [0.1, 0.15) is 5.82 Å². The van der Waals surface area contributed by atoms with Gasteiger partial charge in [-0.2, -0.15) is 0 Å². The average Bonchev–Trinajstić information content (AvgIpc) is 2.50. The second-order valence-electron chi connectivity index (χ2n) is 5.49. The van der Waals surface area contributed by atoms with Gasteiger partial charge in [0, 0.05) is 31.9 Å². The fraction of sp³-hybridized carbons (Fsp3) is 0.294. The van der Waals surface area contributed by atoms with E-state index < -0.39 is 0 Å². The maximum absolute atomic E-state index is 13.6. The van der Waals surface area contributed by atoms with Crippen molar-refractivity contribution in [1.82, 2.24) is 0 Å². The Bertz CT molecular complexity index is 634. The standard InChI is InChI=1S/C17H20FN3/c1-13-4-2-5-14(12-13)20-8-10-21(11-9-20)16-7-3-6-15(18)17(16)19/h2-7,12H,8-11,19H2,1H3. The molecular weight excluding hydrogens is 265 g/mol. The van der Waals surface area contributed by atoms with Crippen LogP contribution < -0.4 is 15.5 Å². The molecule has 2 N–H and O–H groups in total. The summed E-state index contributed by atoms with van der Waals surface area (Å²) in [6.07, 6.45) is 0. The molecule has 0 radical (unpaired) electrons. The van der Waals surface area contributed by atoms with Gasteiger partial charge in [0.25, 0.3) is 0 Å². The van der Waals surface area contributed by atoms with Gasteiger partial charge in [-0.15, -0.1) is 0 Å². The molecule has 0 amide bonds. The van der Waals surface area contributed by atoms with Gasteiger partial charge in [-0.1, -0.05) is 18.2 Å². The lowest BCUT2D eigenvalue weighted by atomic mass is 10.1. The number of nitrogens with zero attached hydrogens (tertiary/aromatic N) is 2. The molecule has 110 valence electrons. The normalized spacial score (nSPS) is 15.3. The van der Waals surface area contributed by atoms with Crippen LogP contribution in [0.4, 0.5) is 21.5 Å². The Balaban J connectivity index is 1.72. The number of nitrogens with two attached hydrogens (primary N) is 1. The first-order valence-electron chi connectivity index (χ1n) is 7.26. The molecule has 3 nitrogen and oxygen atoms in total. The molecule has 0 unspecified atom stereocenters. The summed E-state index contributed by atoms with van der Waals surface area (Å²) in [5.41, 5.74) is 9.42. The molecule has 0 aliphatic carbocycles. The minimum absolute atomic E-state index is 0.251. The molecule has 1 aliphatic heterocycles. The van der Waals surface area contributed by atoms with Crippen molar-refractivity contribution in [3.05, 3.63) is 53.8 Å². The number of hydrogen-bond donors (Lipinski definition) is 1. The average molecular weight is 285 g/mol. The van der Waals surface area contributed by atoms with Gasteiger partial charge >= 0.3 is 0 Å². The van der Waals surface area contributed by atoms with E-state index in [9.17, 15) is 4.39 Å². The highest BCUT2D eigenvalue weighted by Crippen LogP contribution is 2.27. The molecule has 2 aromatic rings. The molecule has 0 bridgehead atoms. The Hall–Kier alpha value is -2.23. The van der Waals surface area contributed by atoms with Gasteiger partial charge in [0.2, 0.25) is 0 Å². The van der Waals surface area contributed by atoms with Crippen LogP contribution in [0.15, 0.2) is 42.5 Å². The summed E-state index contributed by atoms with van der Waals surface area (Å²) in [4.78, 5) is 4.52. The predicted molar refractivity (Wildman–Crippen MR) is 86.4 cm³/mol. The van der Waals surface area contributed by atoms with Crippen LogP contribution in [0.5, 0.6) is 0 Å². The highest BCUT2D eigenvalue weighted by atomic mass is 19.1. The zero-order valence-corrected chi connectivity index (χ0v) is 12.2. The van der Waals surface area contributed by atoms with Crippen LogP contribution in [0.25, 0.3) is 0 Å². The maximum atomic E-state index is 13.6. The van der Waals surface area contributed by atoms with Crippen molar-refractivity contribution in [2.45, 2.75) is 6.92 Å². The molecule has 0 spiro atoms. The van der Waals surface area contributed by atoms with Crippen molar-refractivity contribution in [1.29, 1.82) is 0 Å². The second kappa shape index (κ2) is 5.64. The molecule has 0 saturated carbocycles. The molecule has 1 heterocycles. The highest BCUT2D eigenvalue weighted by Gasteiger charge is 2.19. The number of halogens is 1. The first-order chi connectivity index (χ1) is 10.1. The smallest absolute Gasteiger partial charge is 0.148 e. The van der Waals surface area contributed by atoms with E-state index in [1.807, 2.05) is 6.07 Å². The Kier molecular flexibility index (Phi) is 3.69. The van der Waals surface area contributed by atoms with E-state index >= 15 is 0 Å². The Labute approximate surface area is 124 Å². The van der Waals surface area contributed by atoms with E-state index in [1.165, 1.54) is 17.3 Å². The molecule has 0 aromatic heterocycles. The Morgan fingerprint density at radius 1 is 0.952 bits per heavy atom. The van der Waals surface area contributed by atoms with E-state index in [0.29, 0.717) is 0 Å². The van der Waals surface area contributed by atoms with Gasteiger partial charge in [-0.05, 0) is 36.8 Å². The number of nitrogen functional groups attached to an aromatic ring is 1. The third-order valence-electron chi connectivity index (χ3n) is 4.02. The van der Waals surface area contributed by atoms with Crippen LogP contribution in [0.2, 0.25) is 0 Å². The van der Waals surface area contributed by atoms with E-state index in [0.717, 1.165) is 31.9 Å². The molecule has 1 aliphatic rings. The minimum atomic E-state index is -0.339. The second-order valence-corrected chi connectivity index (χ2v) is 5.49. The van der Waals surface area contributed by atoms with Crippen LogP contribution in [-0.2, 0) is 0 Å². The Morgan fingerprint density at radius 3 is 2.33 bits per heavy atom. The van der Waals surface area contributed by atoms with Gasteiger partial charge in [-0.25, -0.2) is 4.39 Å². The summed E-state index contributed by atoms with van der Waals surface area (Å²) in [6, 6.07) is 13.5. The summed E-state index contributed by atoms with van der Waals surface area (Å²) in [6.45, 7) is 5.63. The van der Waals surface area contributed by atoms with Crippen LogP contribution in [0, 0.1) is 12.7 Å². The van der Waals surface area contributed by atoms with Crippen molar-refractivity contribution in [3.63, 3.8) is 0 Å². The molecule has 1 fully saturated rings. The minimum Gasteiger partial charge on any atom is -0.395 e. The number of rotatable bonds is 2. The third kappa shape index (κ3) is 2.79.